The molecule has 0 aliphatic heterocycles. The number of carboxylic acid groups (broad SMARTS) is 1. The summed E-state index contributed by atoms with van der Waals surface area (Å²) in [7, 11) is 0. The van der Waals surface area contributed by atoms with Gasteiger partial charge in [-0.15, -0.1) is 0 Å². The standard InChI is InChI=1S/C13H8N6O3/c20-13(21)22-7-5-14-19(6-7)12-17-10-11(18-12)16-9-4-2-1-3-8(9)15-10/h1-6H,(H,20,21)(H,15,16,17,18). The molecule has 4 rings (SSSR count). The second-order valence-corrected chi connectivity index (χ2v) is 4.43. The summed E-state index contributed by atoms with van der Waals surface area (Å²) in [6.07, 6.45) is 1.27. The summed E-state index contributed by atoms with van der Waals surface area (Å²) in [6, 6.07) is 7.46. The van der Waals surface area contributed by atoms with Crippen LogP contribution in [0.15, 0.2) is 36.7 Å². The number of carbonyl (C=O) groups is 1. The molecule has 0 radical (unpaired) electrons. The molecule has 1 aromatic carbocycles. The number of aromatic nitrogens is 6. The van der Waals surface area contributed by atoms with Crippen LogP contribution in [-0.2, 0) is 0 Å². The zero-order chi connectivity index (χ0) is 15.1. The number of fused-ring (bicyclic) bond motifs is 2. The Morgan fingerprint density at radius 3 is 2.73 bits per heavy atom. The highest BCUT2D eigenvalue weighted by Gasteiger charge is 2.11. The molecule has 0 atom stereocenters. The van der Waals surface area contributed by atoms with Crippen LogP contribution in [0.25, 0.3) is 28.3 Å². The molecule has 0 saturated heterocycles. The van der Waals surface area contributed by atoms with E-state index < -0.39 is 6.16 Å². The first-order valence-corrected chi connectivity index (χ1v) is 6.27. The molecule has 4 aromatic rings. The summed E-state index contributed by atoms with van der Waals surface area (Å²) in [5, 5.41) is 12.6. The van der Waals surface area contributed by atoms with Gasteiger partial charge in [0, 0.05) is 0 Å². The summed E-state index contributed by atoms with van der Waals surface area (Å²) in [5.41, 5.74) is 2.46. The SMILES string of the molecule is O=C(O)Oc1cnn(-c2nc3nc4ccccc4nc3[nH]2)c1. The van der Waals surface area contributed by atoms with Gasteiger partial charge in [0.25, 0.3) is 0 Å². The maximum Gasteiger partial charge on any atom is 0.511 e. The van der Waals surface area contributed by atoms with E-state index >= 15 is 0 Å². The van der Waals surface area contributed by atoms with Gasteiger partial charge < -0.3 is 14.8 Å². The van der Waals surface area contributed by atoms with Gasteiger partial charge in [-0.05, 0) is 12.1 Å². The van der Waals surface area contributed by atoms with Crippen LogP contribution < -0.4 is 4.74 Å². The Labute approximate surface area is 122 Å². The number of H-pyrrole nitrogens is 1. The smallest absolute Gasteiger partial charge is 0.449 e. The first-order valence-electron chi connectivity index (χ1n) is 6.27. The van der Waals surface area contributed by atoms with Crippen LogP contribution in [0.1, 0.15) is 0 Å². The van der Waals surface area contributed by atoms with Crippen LogP contribution in [0.3, 0.4) is 0 Å². The highest BCUT2D eigenvalue weighted by Crippen LogP contribution is 2.17. The largest absolute Gasteiger partial charge is 0.511 e. The number of imidazole rings is 1. The summed E-state index contributed by atoms with van der Waals surface area (Å²) < 4.78 is 5.87. The zero-order valence-corrected chi connectivity index (χ0v) is 11.0. The van der Waals surface area contributed by atoms with Gasteiger partial charge in [-0.1, -0.05) is 12.1 Å². The summed E-state index contributed by atoms with van der Waals surface area (Å²) in [4.78, 5) is 26.6. The number of benzene rings is 1. The molecule has 0 fully saturated rings. The van der Waals surface area contributed by atoms with Gasteiger partial charge in [0.15, 0.2) is 17.0 Å². The molecule has 0 aliphatic carbocycles. The lowest BCUT2D eigenvalue weighted by Gasteiger charge is -1.93. The number of nitrogens with one attached hydrogen (secondary N) is 1. The summed E-state index contributed by atoms with van der Waals surface area (Å²) in [5.74, 6) is 0.463. The molecule has 0 spiro atoms. The Morgan fingerprint density at radius 2 is 1.95 bits per heavy atom. The lowest BCUT2D eigenvalue weighted by molar-refractivity contribution is 0.144. The topological polar surface area (TPSA) is 119 Å². The van der Waals surface area contributed by atoms with E-state index in [1.54, 1.807) is 0 Å². The number of hydrogen-bond donors (Lipinski definition) is 2. The Hall–Kier alpha value is -3.49. The van der Waals surface area contributed by atoms with Crippen molar-refractivity contribution in [2.45, 2.75) is 0 Å². The van der Waals surface area contributed by atoms with E-state index in [1.807, 2.05) is 24.3 Å². The number of para-hydroxylation sites is 2. The molecule has 22 heavy (non-hydrogen) atoms. The normalized spacial score (nSPS) is 11.1. The average molecular weight is 296 g/mol. The van der Waals surface area contributed by atoms with Crippen LogP contribution >= 0.6 is 0 Å². The van der Waals surface area contributed by atoms with Gasteiger partial charge in [0.2, 0.25) is 5.95 Å². The first kappa shape index (κ1) is 12.3. The number of ether oxygens (including phenoxy) is 1. The van der Waals surface area contributed by atoms with E-state index in [0.29, 0.717) is 17.2 Å². The second-order valence-electron chi connectivity index (χ2n) is 4.43. The molecule has 9 nitrogen and oxygen atoms in total. The first-order chi connectivity index (χ1) is 10.7. The molecule has 2 N–H and O–H groups in total. The third kappa shape index (κ3) is 2.00. The minimum atomic E-state index is -1.40. The Bertz CT molecular complexity index is 953. The van der Waals surface area contributed by atoms with E-state index in [9.17, 15) is 4.79 Å². The van der Waals surface area contributed by atoms with Gasteiger partial charge in [-0.25, -0.2) is 19.4 Å². The number of hydrogen-bond acceptors (Lipinski definition) is 6. The fraction of sp³-hybridized carbons (Fsp3) is 0. The Balaban J connectivity index is 1.80. The lowest BCUT2D eigenvalue weighted by Crippen LogP contribution is -2.02. The number of nitrogens with zero attached hydrogens (tertiary/aromatic N) is 5. The van der Waals surface area contributed by atoms with Crippen LogP contribution in [0.2, 0.25) is 0 Å². The average Bonchev–Trinajstić information content (AvgIpc) is 3.10. The van der Waals surface area contributed by atoms with Gasteiger partial charge in [0.05, 0.1) is 23.4 Å². The minimum Gasteiger partial charge on any atom is -0.449 e. The van der Waals surface area contributed by atoms with Crippen molar-refractivity contribution < 1.29 is 14.6 Å². The van der Waals surface area contributed by atoms with Crippen molar-refractivity contribution in [3.8, 4) is 11.7 Å². The van der Waals surface area contributed by atoms with Crippen molar-refractivity contribution in [2.24, 2.45) is 0 Å². The summed E-state index contributed by atoms with van der Waals surface area (Å²) >= 11 is 0. The molecule has 0 saturated carbocycles. The third-order valence-electron chi connectivity index (χ3n) is 2.98. The van der Waals surface area contributed by atoms with Gasteiger partial charge >= 0.3 is 6.16 Å². The van der Waals surface area contributed by atoms with Crippen molar-refractivity contribution >= 4 is 28.5 Å². The third-order valence-corrected chi connectivity index (χ3v) is 2.98. The number of rotatable bonds is 2. The molecule has 0 aliphatic rings. The van der Waals surface area contributed by atoms with E-state index in [4.69, 9.17) is 5.11 Å². The fourth-order valence-electron chi connectivity index (χ4n) is 2.07. The summed E-state index contributed by atoms with van der Waals surface area (Å²) in [6.45, 7) is 0. The van der Waals surface area contributed by atoms with Crippen LogP contribution in [0.4, 0.5) is 4.79 Å². The number of aromatic amines is 1. The van der Waals surface area contributed by atoms with E-state index in [-0.39, 0.29) is 5.75 Å². The Kier molecular flexibility index (Phi) is 2.52. The predicted molar refractivity (Wildman–Crippen MR) is 75.0 cm³/mol. The van der Waals surface area contributed by atoms with Crippen molar-refractivity contribution in [3.63, 3.8) is 0 Å². The monoisotopic (exact) mass is 296 g/mol. The predicted octanol–water partition coefficient (Wildman–Crippen LogP) is 1.75. The zero-order valence-electron chi connectivity index (χ0n) is 11.0. The molecule has 3 heterocycles. The van der Waals surface area contributed by atoms with Gasteiger partial charge in [-0.3, -0.25) is 0 Å². The molecule has 3 aromatic heterocycles. The minimum absolute atomic E-state index is 0.0963. The highest BCUT2D eigenvalue weighted by atomic mass is 16.7. The van der Waals surface area contributed by atoms with Gasteiger partial charge in [0.1, 0.15) is 0 Å². The van der Waals surface area contributed by atoms with Crippen molar-refractivity contribution in [1.29, 1.82) is 0 Å². The molecule has 0 unspecified atom stereocenters. The molecular formula is C13H8N6O3. The van der Waals surface area contributed by atoms with Crippen molar-refractivity contribution in [3.05, 3.63) is 36.7 Å². The lowest BCUT2D eigenvalue weighted by atomic mass is 10.3. The molecule has 108 valence electrons. The van der Waals surface area contributed by atoms with Crippen LogP contribution in [0.5, 0.6) is 5.75 Å². The second kappa shape index (κ2) is 4.52. The van der Waals surface area contributed by atoms with Crippen LogP contribution in [0, 0.1) is 0 Å². The van der Waals surface area contributed by atoms with Crippen molar-refractivity contribution in [1.82, 2.24) is 29.7 Å². The van der Waals surface area contributed by atoms with Crippen LogP contribution in [-0.4, -0.2) is 41.0 Å². The molecule has 0 amide bonds. The fourth-order valence-corrected chi connectivity index (χ4v) is 2.07. The maximum absolute atomic E-state index is 10.5. The Morgan fingerprint density at radius 1 is 1.18 bits per heavy atom. The quantitative estimate of drug-likeness (QED) is 0.541. The highest BCUT2D eigenvalue weighted by molar-refractivity contribution is 5.82. The molecule has 0 bridgehead atoms. The van der Waals surface area contributed by atoms with E-state index in [1.165, 1.54) is 17.1 Å². The van der Waals surface area contributed by atoms with E-state index in [0.717, 1.165) is 11.0 Å². The van der Waals surface area contributed by atoms with E-state index in [2.05, 4.69) is 29.8 Å². The maximum atomic E-state index is 10.5. The van der Waals surface area contributed by atoms with Gasteiger partial charge in [-0.2, -0.15) is 10.1 Å². The van der Waals surface area contributed by atoms with Crippen molar-refractivity contribution in [2.75, 3.05) is 0 Å². The molecular weight excluding hydrogens is 288 g/mol. The molecule has 9 heteroatoms.